The summed E-state index contributed by atoms with van der Waals surface area (Å²) in [5.74, 6) is 0.607. The van der Waals surface area contributed by atoms with Gasteiger partial charge in [-0.25, -0.2) is 8.42 Å². The van der Waals surface area contributed by atoms with Gasteiger partial charge in [-0.2, -0.15) is 0 Å². The van der Waals surface area contributed by atoms with Gasteiger partial charge in [0, 0.05) is 5.02 Å². The SMILES string of the molecule is CCCS(=O)(=O)CCOc1c(Cl)cc(Cl)cc1CCN. The summed E-state index contributed by atoms with van der Waals surface area (Å²) in [6.07, 6.45) is 1.17. The number of rotatable bonds is 8. The number of hydrogen-bond donors (Lipinski definition) is 1. The monoisotopic (exact) mass is 339 g/mol. The third-order valence-electron chi connectivity index (χ3n) is 2.65. The summed E-state index contributed by atoms with van der Waals surface area (Å²) in [5.41, 5.74) is 6.32. The van der Waals surface area contributed by atoms with E-state index < -0.39 is 9.84 Å². The molecule has 1 aromatic rings. The molecule has 1 rings (SSSR count). The second-order valence-corrected chi connectivity index (χ2v) is 7.56. The van der Waals surface area contributed by atoms with Gasteiger partial charge in [-0.1, -0.05) is 30.1 Å². The molecule has 0 saturated heterocycles. The van der Waals surface area contributed by atoms with Crippen LogP contribution in [-0.2, 0) is 16.3 Å². The molecule has 0 aliphatic rings. The zero-order valence-corrected chi connectivity index (χ0v) is 13.7. The van der Waals surface area contributed by atoms with Crippen molar-refractivity contribution >= 4 is 33.0 Å². The van der Waals surface area contributed by atoms with Crippen molar-refractivity contribution in [2.75, 3.05) is 24.7 Å². The van der Waals surface area contributed by atoms with E-state index in [1.165, 1.54) is 0 Å². The topological polar surface area (TPSA) is 69.4 Å². The Balaban J connectivity index is 2.77. The van der Waals surface area contributed by atoms with Crippen LogP contribution in [0.2, 0.25) is 10.0 Å². The number of ether oxygens (including phenoxy) is 1. The maximum Gasteiger partial charge on any atom is 0.153 e. The Morgan fingerprint density at radius 3 is 2.55 bits per heavy atom. The van der Waals surface area contributed by atoms with E-state index in [9.17, 15) is 8.42 Å². The van der Waals surface area contributed by atoms with Crippen LogP contribution in [0.25, 0.3) is 0 Å². The second kappa shape index (κ2) is 8.08. The van der Waals surface area contributed by atoms with Crippen LogP contribution in [-0.4, -0.2) is 33.1 Å². The average Bonchev–Trinajstić information content (AvgIpc) is 2.32. The van der Waals surface area contributed by atoms with Gasteiger partial charge in [-0.05, 0) is 37.1 Å². The number of hydrogen-bond acceptors (Lipinski definition) is 4. The van der Waals surface area contributed by atoms with Gasteiger partial charge in [-0.15, -0.1) is 0 Å². The van der Waals surface area contributed by atoms with E-state index in [0.29, 0.717) is 35.2 Å². The lowest BCUT2D eigenvalue weighted by Gasteiger charge is -2.13. The first-order chi connectivity index (χ1) is 9.39. The molecule has 0 fully saturated rings. The molecule has 0 amide bonds. The van der Waals surface area contributed by atoms with Crippen molar-refractivity contribution in [1.82, 2.24) is 0 Å². The van der Waals surface area contributed by atoms with E-state index in [-0.39, 0.29) is 18.1 Å². The van der Waals surface area contributed by atoms with Crippen LogP contribution in [0.4, 0.5) is 0 Å². The molecule has 0 spiro atoms. The second-order valence-electron chi connectivity index (χ2n) is 4.41. The number of halogens is 2. The predicted octanol–water partition coefficient (Wildman–Crippen LogP) is 2.70. The third kappa shape index (κ3) is 5.48. The van der Waals surface area contributed by atoms with Gasteiger partial charge in [0.15, 0.2) is 9.84 Å². The summed E-state index contributed by atoms with van der Waals surface area (Å²) in [4.78, 5) is 0. The van der Waals surface area contributed by atoms with E-state index in [4.69, 9.17) is 33.7 Å². The summed E-state index contributed by atoms with van der Waals surface area (Å²) < 4.78 is 28.8. The van der Waals surface area contributed by atoms with Gasteiger partial charge >= 0.3 is 0 Å². The molecule has 0 saturated carbocycles. The van der Waals surface area contributed by atoms with Gasteiger partial charge in [0.05, 0.1) is 16.5 Å². The molecule has 0 atom stereocenters. The van der Waals surface area contributed by atoms with Crippen LogP contribution in [0.15, 0.2) is 12.1 Å². The van der Waals surface area contributed by atoms with Crippen LogP contribution in [0, 0.1) is 0 Å². The maximum atomic E-state index is 11.6. The van der Waals surface area contributed by atoms with Crippen molar-refractivity contribution in [2.24, 2.45) is 5.73 Å². The highest BCUT2D eigenvalue weighted by Gasteiger charge is 2.13. The lowest BCUT2D eigenvalue weighted by Crippen LogP contribution is -2.17. The number of sulfone groups is 1. The maximum absolute atomic E-state index is 11.6. The molecule has 7 heteroatoms. The summed E-state index contributed by atoms with van der Waals surface area (Å²) >= 11 is 12.0. The third-order valence-corrected chi connectivity index (χ3v) is 4.97. The normalized spacial score (nSPS) is 11.6. The molecule has 1 aromatic carbocycles. The highest BCUT2D eigenvalue weighted by atomic mass is 35.5. The average molecular weight is 340 g/mol. The highest BCUT2D eigenvalue weighted by molar-refractivity contribution is 7.91. The highest BCUT2D eigenvalue weighted by Crippen LogP contribution is 2.32. The first-order valence-corrected chi connectivity index (χ1v) is 8.98. The smallest absolute Gasteiger partial charge is 0.153 e. The van der Waals surface area contributed by atoms with Crippen LogP contribution < -0.4 is 10.5 Å². The van der Waals surface area contributed by atoms with Gasteiger partial charge < -0.3 is 10.5 Å². The van der Waals surface area contributed by atoms with E-state index in [1.807, 2.05) is 6.92 Å². The van der Waals surface area contributed by atoms with Gasteiger partial charge in [0.1, 0.15) is 12.4 Å². The molecular weight excluding hydrogens is 321 g/mol. The van der Waals surface area contributed by atoms with Crippen molar-refractivity contribution in [1.29, 1.82) is 0 Å². The standard InChI is InChI=1S/C13H19Cl2NO3S/c1-2-6-20(17,18)7-5-19-13-10(3-4-16)8-11(14)9-12(13)15/h8-9H,2-7,16H2,1H3. The van der Waals surface area contributed by atoms with Crippen molar-refractivity contribution in [3.8, 4) is 5.75 Å². The fourth-order valence-corrected chi connectivity index (χ4v) is 3.55. The first-order valence-electron chi connectivity index (χ1n) is 6.41. The summed E-state index contributed by atoms with van der Waals surface area (Å²) in [7, 11) is -3.07. The molecule has 0 aliphatic carbocycles. The lowest BCUT2D eigenvalue weighted by atomic mass is 10.1. The van der Waals surface area contributed by atoms with Crippen LogP contribution in [0.5, 0.6) is 5.75 Å². The Morgan fingerprint density at radius 2 is 1.95 bits per heavy atom. The molecule has 0 bridgehead atoms. The van der Waals surface area contributed by atoms with Gasteiger partial charge in [0.25, 0.3) is 0 Å². The molecule has 0 radical (unpaired) electrons. The Hall–Kier alpha value is -0.490. The van der Waals surface area contributed by atoms with Crippen molar-refractivity contribution in [3.63, 3.8) is 0 Å². The van der Waals surface area contributed by atoms with Gasteiger partial charge in [-0.3, -0.25) is 0 Å². The van der Waals surface area contributed by atoms with E-state index in [2.05, 4.69) is 0 Å². The van der Waals surface area contributed by atoms with Gasteiger partial charge in [0.2, 0.25) is 0 Å². The molecule has 0 heterocycles. The van der Waals surface area contributed by atoms with E-state index in [1.54, 1.807) is 12.1 Å². The largest absolute Gasteiger partial charge is 0.491 e. The minimum absolute atomic E-state index is 0.0259. The molecular formula is C13H19Cl2NO3S. The summed E-state index contributed by atoms with van der Waals surface area (Å²) in [6.45, 7) is 2.33. The summed E-state index contributed by atoms with van der Waals surface area (Å²) in [6, 6.07) is 3.30. The molecule has 114 valence electrons. The Bertz CT molecular complexity index is 547. The number of nitrogens with two attached hydrogens (primary N) is 1. The Morgan fingerprint density at radius 1 is 1.25 bits per heavy atom. The fourth-order valence-electron chi connectivity index (χ4n) is 1.80. The zero-order chi connectivity index (χ0) is 15.2. The van der Waals surface area contributed by atoms with Crippen molar-refractivity contribution in [3.05, 3.63) is 27.7 Å². The predicted molar refractivity (Wildman–Crippen MR) is 83.7 cm³/mol. The minimum atomic E-state index is -3.07. The zero-order valence-electron chi connectivity index (χ0n) is 11.4. The van der Waals surface area contributed by atoms with E-state index >= 15 is 0 Å². The molecule has 0 aromatic heterocycles. The molecule has 0 aliphatic heterocycles. The molecule has 2 N–H and O–H groups in total. The Labute approximate surface area is 130 Å². The van der Waals surface area contributed by atoms with E-state index in [0.717, 1.165) is 5.56 Å². The number of benzene rings is 1. The first kappa shape index (κ1) is 17.6. The van der Waals surface area contributed by atoms with Crippen LogP contribution in [0.1, 0.15) is 18.9 Å². The molecule has 4 nitrogen and oxygen atoms in total. The molecule has 20 heavy (non-hydrogen) atoms. The quantitative estimate of drug-likeness (QED) is 0.790. The van der Waals surface area contributed by atoms with Crippen LogP contribution >= 0.6 is 23.2 Å². The molecule has 0 unspecified atom stereocenters. The van der Waals surface area contributed by atoms with Crippen molar-refractivity contribution in [2.45, 2.75) is 19.8 Å². The van der Waals surface area contributed by atoms with Crippen molar-refractivity contribution < 1.29 is 13.2 Å². The lowest BCUT2D eigenvalue weighted by molar-refractivity contribution is 0.337. The summed E-state index contributed by atoms with van der Waals surface area (Å²) in [5, 5.41) is 0.873. The minimum Gasteiger partial charge on any atom is -0.491 e. The fraction of sp³-hybridized carbons (Fsp3) is 0.538. The van der Waals surface area contributed by atoms with Crippen LogP contribution in [0.3, 0.4) is 0 Å². The Kier molecular flexibility index (Phi) is 7.09.